The van der Waals surface area contributed by atoms with E-state index in [1.54, 1.807) is 0 Å². The summed E-state index contributed by atoms with van der Waals surface area (Å²) in [4.78, 5) is 12.0. The molecule has 0 unspecified atom stereocenters. The number of aryl methyl sites for hydroxylation is 1. The maximum absolute atomic E-state index is 12.0. The van der Waals surface area contributed by atoms with Crippen LogP contribution in [0.5, 0.6) is 0 Å². The molecule has 1 saturated carbocycles. The van der Waals surface area contributed by atoms with Crippen molar-refractivity contribution in [3.63, 3.8) is 0 Å². The lowest BCUT2D eigenvalue weighted by molar-refractivity contribution is -0.119. The number of allylic oxidation sites excluding steroid dienone is 1. The predicted octanol–water partition coefficient (Wildman–Crippen LogP) is 2.56. The van der Waals surface area contributed by atoms with E-state index in [4.69, 9.17) is 0 Å². The van der Waals surface area contributed by atoms with Gasteiger partial charge in [0.25, 0.3) is 0 Å². The second-order valence-corrected chi connectivity index (χ2v) is 6.68. The van der Waals surface area contributed by atoms with Crippen LogP contribution in [0, 0.1) is 12.8 Å². The molecule has 1 aliphatic carbocycles. The van der Waals surface area contributed by atoms with Crippen LogP contribution >= 0.6 is 11.8 Å². The van der Waals surface area contributed by atoms with Gasteiger partial charge in [0, 0.05) is 12.6 Å². The third kappa shape index (κ3) is 4.59. The SMILES string of the molecule is C=CCn1c(C)nnc1SCC(=O)NC1CCC(C)CC1. The van der Waals surface area contributed by atoms with E-state index in [-0.39, 0.29) is 5.91 Å². The van der Waals surface area contributed by atoms with E-state index in [2.05, 4.69) is 29.0 Å². The Morgan fingerprint density at radius 2 is 2.14 bits per heavy atom. The molecule has 1 aromatic heterocycles. The Morgan fingerprint density at radius 1 is 1.43 bits per heavy atom. The average Bonchev–Trinajstić information content (AvgIpc) is 2.81. The fourth-order valence-electron chi connectivity index (χ4n) is 2.61. The highest BCUT2D eigenvalue weighted by Gasteiger charge is 2.20. The first-order valence-electron chi connectivity index (χ1n) is 7.53. The number of aromatic nitrogens is 3. The molecule has 0 saturated heterocycles. The van der Waals surface area contributed by atoms with E-state index in [1.807, 2.05) is 17.6 Å². The summed E-state index contributed by atoms with van der Waals surface area (Å²) in [6.45, 7) is 8.59. The molecule has 0 aliphatic heterocycles. The molecule has 0 atom stereocenters. The summed E-state index contributed by atoms with van der Waals surface area (Å²) in [7, 11) is 0. The smallest absolute Gasteiger partial charge is 0.230 e. The summed E-state index contributed by atoms with van der Waals surface area (Å²) < 4.78 is 1.97. The van der Waals surface area contributed by atoms with E-state index in [0.717, 1.165) is 29.7 Å². The molecule has 1 heterocycles. The van der Waals surface area contributed by atoms with Gasteiger partial charge >= 0.3 is 0 Å². The molecule has 0 radical (unpaired) electrons. The molecule has 21 heavy (non-hydrogen) atoms. The maximum atomic E-state index is 12.0. The minimum atomic E-state index is 0.0883. The summed E-state index contributed by atoms with van der Waals surface area (Å²) in [5, 5.41) is 12.1. The zero-order valence-corrected chi connectivity index (χ0v) is 13.7. The number of nitrogens with zero attached hydrogens (tertiary/aromatic N) is 3. The van der Waals surface area contributed by atoms with E-state index < -0.39 is 0 Å². The molecule has 116 valence electrons. The van der Waals surface area contributed by atoms with Crippen molar-refractivity contribution in [3.8, 4) is 0 Å². The van der Waals surface area contributed by atoms with Gasteiger partial charge in [0.15, 0.2) is 5.16 Å². The van der Waals surface area contributed by atoms with Crippen molar-refractivity contribution in [1.82, 2.24) is 20.1 Å². The normalized spacial score (nSPS) is 22.0. The Hall–Kier alpha value is -1.30. The van der Waals surface area contributed by atoms with Gasteiger partial charge in [-0.3, -0.25) is 4.79 Å². The van der Waals surface area contributed by atoms with Crippen LogP contribution in [-0.2, 0) is 11.3 Å². The highest BCUT2D eigenvalue weighted by atomic mass is 32.2. The largest absolute Gasteiger partial charge is 0.353 e. The van der Waals surface area contributed by atoms with Crippen molar-refractivity contribution < 1.29 is 4.79 Å². The standard InChI is InChI=1S/C15H24N4OS/c1-4-9-19-12(3)17-18-15(19)21-10-14(20)16-13-7-5-11(2)6-8-13/h4,11,13H,1,5-10H2,2-3H3,(H,16,20). The van der Waals surface area contributed by atoms with Gasteiger partial charge in [-0.25, -0.2) is 0 Å². The van der Waals surface area contributed by atoms with E-state index >= 15 is 0 Å². The van der Waals surface area contributed by atoms with E-state index in [9.17, 15) is 4.79 Å². The zero-order chi connectivity index (χ0) is 15.2. The zero-order valence-electron chi connectivity index (χ0n) is 12.8. The Morgan fingerprint density at radius 3 is 2.81 bits per heavy atom. The van der Waals surface area contributed by atoms with Crippen molar-refractivity contribution in [2.45, 2.75) is 57.3 Å². The van der Waals surface area contributed by atoms with Crippen molar-refractivity contribution in [3.05, 3.63) is 18.5 Å². The number of hydrogen-bond donors (Lipinski definition) is 1. The van der Waals surface area contributed by atoms with Gasteiger partial charge in [-0.2, -0.15) is 0 Å². The van der Waals surface area contributed by atoms with Gasteiger partial charge in [0.1, 0.15) is 5.82 Å². The lowest BCUT2D eigenvalue weighted by atomic mass is 9.87. The molecule has 0 aromatic carbocycles. The topological polar surface area (TPSA) is 59.8 Å². The van der Waals surface area contributed by atoms with Crippen LogP contribution in [0.15, 0.2) is 17.8 Å². The van der Waals surface area contributed by atoms with Crippen molar-refractivity contribution >= 4 is 17.7 Å². The Balaban J connectivity index is 1.80. The molecule has 6 heteroatoms. The van der Waals surface area contributed by atoms with Gasteiger partial charge < -0.3 is 9.88 Å². The third-order valence-corrected chi connectivity index (χ3v) is 4.89. The van der Waals surface area contributed by atoms with Gasteiger partial charge in [-0.05, 0) is 38.5 Å². The molecule has 1 amide bonds. The van der Waals surface area contributed by atoms with Crippen molar-refractivity contribution in [2.75, 3.05) is 5.75 Å². The summed E-state index contributed by atoms with van der Waals surface area (Å²) in [5.74, 6) is 2.12. The fourth-order valence-corrected chi connectivity index (χ4v) is 3.42. The molecule has 1 fully saturated rings. The van der Waals surface area contributed by atoms with Crippen LogP contribution < -0.4 is 5.32 Å². The third-order valence-electron chi connectivity index (χ3n) is 3.93. The van der Waals surface area contributed by atoms with Crippen molar-refractivity contribution in [1.29, 1.82) is 0 Å². The number of thioether (sulfide) groups is 1. The van der Waals surface area contributed by atoms with E-state index in [1.165, 1.54) is 24.6 Å². The minimum Gasteiger partial charge on any atom is -0.353 e. The van der Waals surface area contributed by atoms with Crippen molar-refractivity contribution in [2.24, 2.45) is 5.92 Å². The predicted molar refractivity (Wildman–Crippen MR) is 85.2 cm³/mol. The van der Waals surface area contributed by atoms with Gasteiger partial charge in [0.05, 0.1) is 5.75 Å². The summed E-state index contributed by atoms with van der Waals surface area (Å²) in [6, 6.07) is 0.349. The quantitative estimate of drug-likeness (QED) is 0.648. The lowest BCUT2D eigenvalue weighted by Crippen LogP contribution is -2.38. The van der Waals surface area contributed by atoms with Crippen LogP contribution in [0.3, 0.4) is 0 Å². The monoisotopic (exact) mass is 308 g/mol. The Kier molecular flexibility index (Phi) is 5.85. The van der Waals surface area contributed by atoms with Crippen LogP contribution in [0.1, 0.15) is 38.4 Å². The lowest BCUT2D eigenvalue weighted by Gasteiger charge is -2.26. The van der Waals surface area contributed by atoms with E-state index in [0.29, 0.717) is 18.3 Å². The first kappa shape index (κ1) is 16.1. The van der Waals surface area contributed by atoms with Gasteiger partial charge in [-0.1, -0.05) is 24.8 Å². The summed E-state index contributed by atoms with van der Waals surface area (Å²) >= 11 is 1.43. The molecule has 5 nitrogen and oxygen atoms in total. The summed E-state index contributed by atoms with van der Waals surface area (Å²) in [5.41, 5.74) is 0. The number of nitrogens with one attached hydrogen (secondary N) is 1. The fraction of sp³-hybridized carbons (Fsp3) is 0.667. The van der Waals surface area contributed by atoms with Crippen LogP contribution in [0.25, 0.3) is 0 Å². The number of carbonyl (C=O) groups is 1. The van der Waals surface area contributed by atoms with Gasteiger partial charge in [0.2, 0.25) is 5.91 Å². The molecular weight excluding hydrogens is 284 g/mol. The second-order valence-electron chi connectivity index (χ2n) is 5.74. The molecule has 0 spiro atoms. The molecule has 2 rings (SSSR count). The van der Waals surface area contributed by atoms with Crippen LogP contribution in [0.4, 0.5) is 0 Å². The van der Waals surface area contributed by atoms with Crippen LogP contribution in [0.2, 0.25) is 0 Å². The minimum absolute atomic E-state index is 0.0883. The maximum Gasteiger partial charge on any atom is 0.230 e. The first-order valence-corrected chi connectivity index (χ1v) is 8.51. The molecular formula is C15H24N4OS. The average molecular weight is 308 g/mol. The molecule has 1 aliphatic rings. The highest BCUT2D eigenvalue weighted by Crippen LogP contribution is 2.23. The second kappa shape index (κ2) is 7.64. The first-order chi connectivity index (χ1) is 10.1. The Labute approximate surface area is 130 Å². The highest BCUT2D eigenvalue weighted by molar-refractivity contribution is 7.99. The molecule has 1 N–H and O–H groups in total. The number of amides is 1. The van der Waals surface area contributed by atoms with Gasteiger partial charge in [-0.15, -0.1) is 16.8 Å². The number of hydrogen-bond acceptors (Lipinski definition) is 4. The number of rotatable bonds is 6. The molecule has 1 aromatic rings. The number of carbonyl (C=O) groups excluding carboxylic acids is 1. The Bertz CT molecular complexity index is 492. The molecule has 0 bridgehead atoms. The summed E-state index contributed by atoms with van der Waals surface area (Å²) in [6.07, 6.45) is 6.44. The van der Waals surface area contributed by atoms with Crippen LogP contribution in [-0.4, -0.2) is 32.5 Å².